The van der Waals surface area contributed by atoms with E-state index in [1.165, 1.54) is 383 Å². The fourth-order valence-corrected chi connectivity index (χ4v) is 17.9. The monoisotopic (exact) mass is 1460 g/mol. The van der Waals surface area contributed by atoms with Crippen molar-refractivity contribution in [2.45, 2.75) is 387 Å². The Bertz CT molecular complexity index is 1150. The van der Waals surface area contributed by atoms with Gasteiger partial charge in [-0.1, -0.05) is 385 Å². The molecule has 0 aliphatic heterocycles. The summed E-state index contributed by atoms with van der Waals surface area (Å²) >= 11 is 29.6. The first-order valence-electron chi connectivity index (χ1n) is 37.8. The molecule has 520 valence electrons. The predicted octanol–water partition coefficient (Wildman–Crippen LogP) is 28.4. The Morgan fingerprint density at radius 1 is 0.207 bits per heavy atom. The van der Waals surface area contributed by atoms with Gasteiger partial charge in [-0.3, -0.25) is 0 Å². The van der Waals surface area contributed by atoms with Crippen LogP contribution in [0.1, 0.15) is 387 Å². The van der Waals surface area contributed by atoms with Crippen LogP contribution >= 0.6 is 58.4 Å². The van der Waals surface area contributed by atoms with Crippen LogP contribution in [0, 0.1) is 0 Å². The van der Waals surface area contributed by atoms with Crippen LogP contribution in [-0.4, -0.2) is 72.5 Å². The molecule has 0 radical (unpaired) electrons. The van der Waals surface area contributed by atoms with Gasteiger partial charge >= 0.3 is 19.5 Å². The van der Waals surface area contributed by atoms with Gasteiger partial charge in [0.05, 0.1) is 37.8 Å². The van der Waals surface area contributed by atoms with Crippen LogP contribution in [0.4, 0.5) is 0 Å². The van der Waals surface area contributed by atoms with E-state index >= 15 is 0 Å². The third kappa shape index (κ3) is 89.9. The van der Waals surface area contributed by atoms with Gasteiger partial charge in [0.15, 0.2) is 0 Å². The Morgan fingerprint density at radius 2 is 0.322 bits per heavy atom. The average Bonchev–Trinajstić information content (AvgIpc) is 3.54. The Balaban J connectivity index is -0.00000160. The van der Waals surface area contributed by atoms with Gasteiger partial charge in [-0.15, -0.1) is 0 Å². The van der Waals surface area contributed by atoms with Crippen LogP contribution in [0.15, 0.2) is 0 Å². The summed E-state index contributed by atoms with van der Waals surface area (Å²) < 4.78 is 23.1. The van der Waals surface area contributed by atoms with Crippen molar-refractivity contribution in [3.05, 3.63) is 0 Å². The molecule has 0 rings (SSSR count). The van der Waals surface area contributed by atoms with Crippen molar-refractivity contribution < 1.29 is 37.6 Å². The third-order valence-electron chi connectivity index (χ3n) is 16.5. The van der Waals surface area contributed by atoms with E-state index < -0.39 is 11.4 Å². The molecule has 0 saturated heterocycles. The summed E-state index contributed by atoms with van der Waals surface area (Å²) in [5, 5.41) is 0. The maximum atomic E-state index is 5.78. The second kappa shape index (κ2) is 84.1. The minimum absolute atomic E-state index is 0. The molecule has 0 aromatic carbocycles. The quantitative estimate of drug-likeness (QED) is 0.0252. The minimum Gasteiger partial charge on any atom is -0.691 e. The summed E-state index contributed by atoms with van der Waals surface area (Å²) in [5.74, 6) is 8.79. The number of thioether (sulfide) groups is 4. The fourth-order valence-electron chi connectivity index (χ4n) is 10.9. The van der Waals surface area contributed by atoms with E-state index in [4.69, 9.17) is 66.2 Å². The Morgan fingerprint density at radius 3 is 0.448 bits per heavy atom. The van der Waals surface area contributed by atoms with Crippen molar-refractivity contribution in [3.8, 4) is 0 Å². The summed E-state index contributed by atoms with van der Waals surface area (Å²) in [4.78, 5) is 0. The molecule has 0 heterocycles. The van der Waals surface area contributed by atoms with Gasteiger partial charge in [0.1, 0.15) is 0 Å². The van der Waals surface area contributed by atoms with Gasteiger partial charge in [-0.25, -0.2) is 0 Å². The topological polar surface area (TPSA) is 36.9 Å². The molecule has 0 bridgehead atoms. The fraction of sp³-hybridized carbons (Fsp3) is 1.00. The van der Waals surface area contributed by atoms with Crippen molar-refractivity contribution >= 4 is 107 Å². The molecular formula is C72H148O4P2S8Zn. The van der Waals surface area contributed by atoms with Crippen LogP contribution in [0.5, 0.6) is 0 Å². The SMILES string of the molecule is CCCCCCCCCCCCCCCCSCCOP(=S)([S-])OCCSCCCCCCCCCCCCCCCC.CCCCCCCCCCCCCCCCSCCOP(=S)([S-])OCCSCCCCCCCCCCCCCCCC.[Zn+2]. The third-order valence-corrected chi connectivity index (χ3v) is 25.1. The van der Waals surface area contributed by atoms with Crippen LogP contribution in [0.25, 0.3) is 0 Å². The van der Waals surface area contributed by atoms with Crippen molar-refractivity contribution in [1.29, 1.82) is 0 Å². The minimum atomic E-state index is -2.49. The van der Waals surface area contributed by atoms with Gasteiger partial charge in [-0.05, 0) is 48.7 Å². The zero-order valence-corrected chi connectivity index (χ0v) is 69.9. The van der Waals surface area contributed by atoms with Crippen LogP contribution in [0.3, 0.4) is 0 Å². The number of hydrogen-bond acceptors (Lipinski definition) is 12. The molecule has 15 heteroatoms. The molecule has 0 atom stereocenters. The molecular weight excluding hydrogens is 1310 g/mol. The summed E-state index contributed by atoms with van der Waals surface area (Å²) in [5.41, 5.74) is -4.97. The summed E-state index contributed by atoms with van der Waals surface area (Å²) in [6, 6.07) is 0. The van der Waals surface area contributed by atoms with Crippen LogP contribution in [-0.2, 0) is 85.7 Å². The number of rotatable bonds is 76. The Labute approximate surface area is 598 Å². The van der Waals surface area contributed by atoms with E-state index in [9.17, 15) is 0 Å². The Hall–Kier alpha value is 3.86. The van der Waals surface area contributed by atoms with E-state index in [0.717, 1.165) is 23.0 Å². The van der Waals surface area contributed by atoms with Gasteiger partial charge in [-0.2, -0.15) is 47.0 Å². The molecule has 0 saturated carbocycles. The van der Waals surface area contributed by atoms with Crippen molar-refractivity contribution in [3.63, 3.8) is 0 Å². The molecule has 0 fully saturated rings. The first kappa shape index (κ1) is 95.0. The van der Waals surface area contributed by atoms with E-state index in [-0.39, 0.29) is 19.5 Å². The maximum absolute atomic E-state index is 5.78. The largest absolute Gasteiger partial charge is 2.00 e. The first-order valence-corrected chi connectivity index (χ1v) is 49.7. The second-order valence-electron chi connectivity index (χ2n) is 25.1. The van der Waals surface area contributed by atoms with Gasteiger partial charge < -0.3 is 42.6 Å². The zero-order valence-electron chi connectivity index (χ0n) is 58.6. The molecule has 0 unspecified atom stereocenters. The molecule has 0 amide bonds. The smallest absolute Gasteiger partial charge is 0.691 e. The molecule has 0 aliphatic rings. The zero-order chi connectivity index (χ0) is 62.7. The van der Waals surface area contributed by atoms with Gasteiger partial charge in [0.2, 0.25) is 0 Å². The first-order chi connectivity index (χ1) is 42.2. The van der Waals surface area contributed by atoms with Crippen molar-refractivity contribution in [2.75, 3.05) is 72.5 Å². The van der Waals surface area contributed by atoms with E-state index in [1.54, 1.807) is 0 Å². The maximum Gasteiger partial charge on any atom is 2.00 e. The van der Waals surface area contributed by atoms with Crippen molar-refractivity contribution in [1.82, 2.24) is 0 Å². The molecule has 0 aromatic rings. The summed E-state index contributed by atoms with van der Waals surface area (Å²) in [6.07, 6.45) is 79.4. The summed E-state index contributed by atoms with van der Waals surface area (Å²) in [6.45, 7) is 11.7. The number of hydrogen-bond donors (Lipinski definition) is 0. The molecule has 0 aliphatic carbocycles. The normalized spacial score (nSPS) is 11.8. The van der Waals surface area contributed by atoms with Gasteiger partial charge in [0, 0.05) is 23.0 Å². The molecule has 0 aromatic heterocycles. The van der Waals surface area contributed by atoms with Crippen LogP contribution < -0.4 is 0 Å². The summed E-state index contributed by atoms with van der Waals surface area (Å²) in [7, 11) is 0. The molecule has 0 N–H and O–H groups in total. The second-order valence-corrected chi connectivity index (χ2v) is 39.9. The average molecular weight is 1460 g/mol. The molecule has 4 nitrogen and oxygen atoms in total. The number of unbranched alkanes of at least 4 members (excludes halogenated alkanes) is 52. The van der Waals surface area contributed by atoms with Crippen molar-refractivity contribution in [2.24, 2.45) is 0 Å². The van der Waals surface area contributed by atoms with E-state index in [2.05, 4.69) is 27.7 Å². The predicted molar refractivity (Wildman–Crippen MR) is 418 cm³/mol. The standard InChI is InChI=1S/2C36H75O2PS4.Zn/c2*1-3-5-7-9-11-13-15-17-19-21-23-25-27-29-33-42-35-31-37-39(40,41)38-32-36-43-34-30-28-26-24-22-20-18-16-14-12-10-8-6-4-2;/h2*3-36H2,1-2H3,(H,40,41);/q;;+2/p-2. The van der Waals surface area contributed by atoms with E-state index in [0.29, 0.717) is 26.4 Å². The Kier molecular flexibility index (Phi) is 91.9. The van der Waals surface area contributed by atoms with Gasteiger partial charge in [0.25, 0.3) is 0 Å². The molecule has 0 spiro atoms. The molecule has 87 heavy (non-hydrogen) atoms. The van der Waals surface area contributed by atoms with E-state index in [1.807, 2.05) is 47.0 Å². The van der Waals surface area contributed by atoms with Crippen LogP contribution in [0.2, 0.25) is 0 Å².